The largest absolute Gasteiger partial charge is 0.454 e. The number of ether oxygens (including phenoxy) is 3. The van der Waals surface area contributed by atoms with Gasteiger partial charge in [0.1, 0.15) is 24.4 Å². The van der Waals surface area contributed by atoms with Gasteiger partial charge in [-0.1, -0.05) is 261 Å². The molecule has 0 radical (unpaired) electrons. The summed E-state index contributed by atoms with van der Waals surface area (Å²) in [6.45, 7) is 5.75. The van der Waals surface area contributed by atoms with Crippen LogP contribution < -0.4 is 5.32 Å². The van der Waals surface area contributed by atoms with E-state index in [0.29, 0.717) is 12.8 Å². The van der Waals surface area contributed by atoms with Crippen LogP contribution in [0.4, 0.5) is 0 Å². The lowest BCUT2D eigenvalue weighted by Gasteiger charge is -2.41. The first-order valence-electron chi connectivity index (χ1n) is 33.2. The van der Waals surface area contributed by atoms with Crippen LogP contribution in [0.2, 0.25) is 0 Å². The number of hydrogen-bond acceptors (Lipinski definition) is 10. The standard InChI is InChI=1S/C69H123NO10/c1-4-7-10-13-16-19-22-25-27-29-31-32-33-35-37-39-42-45-48-51-54-57-64(74)80-67-66(76)65(75)63(58-71)79-69(67)78-59-60(61(72)55-52-49-46-43-40-24-21-18-15-12-9-6-3)70-68(77)62(73)56-53-50-47-44-41-38-36-34-30-28-26-23-20-17-14-11-8-5-2/h16-17,19-20,25-28,31-32,52,55,60-63,65-67,69,71-73,75-76H,4-15,18,21-24,29-30,33-51,53-54,56-59H2,1-3H3,(H,70,77)/b19-16-,20-17-,27-25-,28-26-,32-31-,55-52+. The lowest BCUT2D eigenvalue weighted by Crippen LogP contribution is -2.61. The lowest BCUT2D eigenvalue weighted by molar-refractivity contribution is -0.305. The molecule has 464 valence electrons. The number of carbonyl (C=O) groups excluding carboxylic acids is 2. The van der Waals surface area contributed by atoms with Crippen LogP contribution in [0.5, 0.6) is 0 Å². The Balaban J connectivity index is 2.64. The summed E-state index contributed by atoms with van der Waals surface area (Å²) in [5.74, 6) is -1.20. The summed E-state index contributed by atoms with van der Waals surface area (Å²) >= 11 is 0. The smallest absolute Gasteiger partial charge is 0.306 e. The summed E-state index contributed by atoms with van der Waals surface area (Å²) in [6.07, 6.45) is 62.1. The molecule has 1 aliphatic rings. The highest BCUT2D eigenvalue weighted by atomic mass is 16.7. The number of nitrogens with one attached hydrogen (secondary N) is 1. The third-order valence-corrected chi connectivity index (χ3v) is 15.3. The molecule has 11 heteroatoms. The topological polar surface area (TPSA) is 175 Å². The molecule has 0 aromatic rings. The molecule has 0 saturated carbocycles. The van der Waals surface area contributed by atoms with Crippen LogP contribution >= 0.6 is 0 Å². The molecule has 0 aliphatic carbocycles. The SMILES string of the molecule is CCCCC/C=C\C/C=C\C/C=C\CCCCCCCCCCC(=O)OC1C(OCC(NC(=O)C(O)CCCCCCCCCC/C=C\C/C=C\CCCCC)C(O)/C=C/CCCCCCCCCCCC)OC(CO)C(O)C1O. The van der Waals surface area contributed by atoms with E-state index in [1.165, 1.54) is 148 Å². The normalized spacial score (nSPS) is 19.2. The zero-order chi connectivity index (χ0) is 58.2. The Kier molecular flexibility index (Phi) is 53.1. The first-order chi connectivity index (χ1) is 39.2. The summed E-state index contributed by atoms with van der Waals surface area (Å²) in [6, 6.07) is -1.03. The summed E-state index contributed by atoms with van der Waals surface area (Å²) < 4.78 is 17.7. The molecule has 1 rings (SSSR count). The quantitative estimate of drug-likeness (QED) is 0.0195. The maximum Gasteiger partial charge on any atom is 0.306 e. The Bertz CT molecular complexity index is 1580. The molecule has 1 amide bonds. The van der Waals surface area contributed by atoms with Crippen molar-refractivity contribution >= 4 is 11.9 Å². The van der Waals surface area contributed by atoms with Crippen LogP contribution in [-0.4, -0.2) is 99.6 Å². The van der Waals surface area contributed by atoms with E-state index >= 15 is 0 Å². The van der Waals surface area contributed by atoms with Crippen LogP contribution in [-0.2, 0) is 23.8 Å². The minimum atomic E-state index is -1.62. The van der Waals surface area contributed by atoms with Gasteiger partial charge in [-0.2, -0.15) is 0 Å². The molecule has 0 bridgehead atoms. The van der Waals surface area contributed by atoms with E-state index < -0.39 is 67.4 Å². The second-order valence-electron chi connectivity index (χ2n) is 22.8. The number of allylic oxidation sites excluding steroid dienone is 11. The molecule has 1 fully saturated rings. The van der Waals surface area contributed by atoms with Crippen molar-refractivity contribution in [3.63, 3.8) is 0 Å². The molecular weight excluding hydrogens is 1000 g/mol. The van der Waals surface area contributed by atoms with E-state index in [1.54, 1.807) is 6.08 Å². The van der Waals surface area contributed by atoms with Crippen LogP contribution in [0.15, 0.2) is 72.9 Å². The molecular formula is C69H123NO10. The molecule has 1 heterocycles. The lowest BCUT2D eigenvalue weighted by atomic mass is 9.99. The van der Waals surface area contributed by atoms with Crippen molar-refractivity contribution < 1.29 is 49.3 Å². The van der Waals surface area contributed by atoms with Crippen molar-refractivity contribution in [1.29, 1.82) is 0 Å². The number of amides is 1. The minimum Gasteiger partial charge on any atom is -0.454 e. The fourth-order valence-corrected chi connectivity index (χ4v) is 10.0. The van der Waals surface area contributed by atoms with Crippen LogP contribution in [0.25, 0.3) is 0 Å². The van der Waals surface area contributed by atoms with Gasteiger partial charge >= 0.3 is 5.97 Å². The van der Waals surface area contributed by atoms with Crippen LogP contribution in [0, 0.1) is 0 Å². The maximum absolute atomic E-state index is 13.4. The Morgan fingerprint density at radius 1 is 0.487 bits per heavy atom. The van der Waals surface area contributed by atoms with Gasteiger partial charge in [0.2, 0.25) is 5.91 Å². The summed E-state index contributed by atoms with van der Waals surface area (Å²) in [4.78, 5) is 26.6. The van der Waals surface area contributed by atoms with Gasteiger partial charge in [-0.3, -0.25) is 9.59 Å². The molecule has 80 heavy (non-hydrogen) atoms. The molecule has 1 aliphatic heterocycles. The zero-order valence-electron chi connectivity index (χ0n) is 51.4. The molecule has 0 aromatic heterocycles. The summed E-state index contributed by atoms with van der Waals surface area (Å²) in [5.41, 5.74) is 0. The Labute approximate surface area is 490 Å². The number of rotatable bonds is 56. The van der Waals surface area contributed by atoms with E-state index in [4.69, 9.17) is 14.2 Å². The van der Waals surface area contributed by atoms with Crippen molar-refractivity contribution in [3.05, 3.63) is 72.9 Å². The highest BCUT2D eigenvalue weighted by Crippen LogP contribution is 2.26. The van der Waals surface area contributed by atoms with Crippen molar-refractivity contribution in [2.24, 2.45) is 0 Å². The third-order valence-electron chi connectivity index (χ3n) is 15.3. The second-order valence-corrected chi connectivity index (χ2v) is 22.8. The maximum atomic E-state index is 13.4. The van der Waals surface area contributed by atoms with Gasteiger partial charge in [0.25, 0.3) is 0 Å². The highest BCUT2D eigenvalue weighted by molar-refractivity contribution is 5.80. The molecule has 6 N–H and O–H groups in total. The van der Waals surface area contributed by atoms with E-state index in [9.17, 15) is 35.1 Å². The van der Waals surface area contributed by atoms with Crippen LogP contribution in [0.1, 0.15) is 290 Å². The molecule has 1 saturated heterocycles. The van der Waals surface area contributed by atoms with Gasteiger partial charge in [0, 0.05) is 6.42 Å². The van der Waals surface area contributed by atoms with Gasteiger partial charge < -0.3 is 45.1 Å². The average molecular weight is 1130 g/mol. The van der Waals surface area contributed by atoms with Gasteiger partial charge in [-0.25, -0.2) is 0 Å². The zero-order valence-corrected chi connectivity index (χ0v) is 51.4. The predicted molar refractivity (Wildman–Crippen MR) is 333 cm³/mol. The molecule has 0 aromatic carbocycles. The molecule has 0 spiro atoms. The van der Waals surface area contributed by atoms with E-state index in [2.05, 4.69) is 86.8 Å². The number of carbonyl (C=O) groups is 2. The monoisotopic (exact) mass is 1130 g/mol. The van der Waals surface area contributed by atoms with E-state index in [0.717, 1.165) is 96.3 Å². The molecule has 11 nitrogen and oxygen atoms in total. The molecule has 8 atom stereocenters. The first-order valence-corrected chi connectivity index (χ1v) is 33.2. The predicted octanol–water partition coefficient (Wildman–Crippen LogP) is 16.3. The average Bonchev–Trinajstić information content (AvgIpc) is 3.45. The van der Waals surface area contributed by atoms with Crippen molar-refractivity contribution in [2.75, 3.05) is 13.2 Å². The van der Waals surface area contributed by atoms with Crippen LogP contribution in [0.3, 0.4) is 0 Å². The molecule has 8 unspecified atom stereocenters. The Morgan fingerprint density at radius 2 is 0.863 bits per heavy atom. The highest BCUT2D eigenvalue weighted by Gasteiger charge is 2.47. The number of unbranched alkanes of at least 4 members (excludes halogenated alkanes) is 32. The van der Waals surface area contributed by atoms with Gasteiger partial charge in [-0.05, 0) is 96.3 Å². The van der Waals surface area contributed by atoms with Crippen molar-refractivity contribution in [1.82, 2.24) is 5.32 Å². The summed E-state index contributed by atoms with van der Waals surface area (Å²) in [7, 11) is 0. The van der Waals surface area contributed by atoms with E-state index in [-0.39, 0.29) is 19.4 Å². The second kappa shape index (κ2) is 56.6. The summed E-state index contributed by atoms with van der Waals surface area (Å²) in [5, 5.41) is 57.1. The van der Waals surface area contributed by atoms with Crippen molar-refractivity contribution in [3.8, 4) is 0 Å². The number of hydrogen-bond donors (Lipinski definition) is 6. The Morgan fingerprint density at radius 3 is 1.31 bits per heavy atom. The Hall–Kier alpha value is -2.90. The fraction of sp³-hybridized carbons (Fsp3) is 0.797. The third kappa shape index (κ3) is 43.7. The fourth-order valence-electron chi connectivity index (χ4n) is 10.0. The number of aliphatic hydroxyl groups excluding tert-OH is 5. The first kappa shape index (κ1) is 75.1. The van der Waals surface area contributed by atoms with Gasteiger partial charge in [0.15, 0.2) is 12.4 Å². The van der Waals surface area contributed by atoms with E-state index in [1.807, 2.05) is 6.08 Å². The number of aliphatic hydroxyl groups is 5. The number of esters is 1. The van der Waals surface area contributed by atoms with Crippen molar-refractivity contribution in [2.45, 2.75) is 339 Å². The minimum absolute atomic E-state index is 0.113. The van der Waals surface area contributed by atoms with Gasteiger partial charge in [0.05, 0.1) is 25.4 Å². The van der Waals surface area contributed by atoms with Gasteiger partial charge in [-0.15, -0.1) is 0 Å².